The van der Waals surface area contributed by atoms with E-state index in [-0.39, 0.29) is 17.6 Å². The minimum absolute atomic E-state index is 0.0348. The van der Waals surface area contributed by atoms with Gasteiger partial charge in [0.2, 0.25) is 5.91 Å². The van der Waals surface area contributed by atoms with Crippen LogP contribution in [0, 0.1) is 18.7 Å². The Kier molecular flexibility index (Phi) is 4.59. The van der Waals surface area contributed by atoms with Gasteiger partial charge >= 0.3 is 0 Å². The fraction of sp³-hybridized carbons (Fsp3) is 0.300. The van der Waals surface area contributed by atoms with Crippen molar-refractivity contribution in [3.8, 4) is 0 Å². The first-order valence-corrected chi connectivity index (χ1v) is 9.59. The zero-order valence-corrected chi connectivity index (χ0v) is 15.4. The third-order valence-corrected chi connectivity index (χ3v) is 5.79. The zero-order chi connectivity index (χ0) is 18.1. The van der Waals surface area contributed by atoms with E-state index < -0.39 is 0 Å². The summed E-state index contributed by atoms with van der Waals surface area (Å²) in [4.78, 5) is 19.2. The highest BCUT2D eigenvalue weighted by molar-refractivity contribution is 7.22. The number of thiazole rings is 1. The van der Waals surface area contributed by atoms with E-state index in [4.69, 9.17) is 0 Å². The molecule has 0 aliphatic carbocycles. The summed E-state index contributed by atoms with van der Waals surface area (Å²) in [5.41, 5.74) is 2.36. The van der Waals surface area contributed by atoms with Crippen molar-refractivity contribution >= 4 is 38.3 Å². The van der Waals surface area contributed by atoms with Gasteiger partial charge in [0.1, 0.15) is 11.3 Å². The summed E-state index contributed by atoms with van der Waals surface area (Å²) >= 11 is 1.48. The van der Waals surface area contributed by atoms with E-state index in [1.165, 1.54) is 17.4 Å². The summed E-state index contributed by atoms with van der Waals surface area (Å²) in [6.45, 7) is 3.46. The molecule has 2 aromatic carbocycles. The number of piperidine rings is 1. The molecule has 1 aliphatic heterocycles. The number of anilines is 2. The number of hydrogen-bond acceptors (Lipinski definition) is 4. The molecule has 6 heteroatoms. The number of carbonyl (C=O) groups is 1. The molecule has 1 aromatic heterocycles. The predicted molar refractivity (Wildman–Crippen MR) is 104 cm³/mol. The summed E-state index contributed by atoms with van der Waals surface area (Å²) in [7, 11) is 0. The number of nitrogens with one attached hydrogen (secondary N) is 1. The summed E-state index contributed by atoms with van der Waals surface area (Å²) in [6, 6.07) is 12.8. The lowest BCUT2D eigenvalue weighted by Gasteiger charge is -2.31. The van der Waals surface area contributed by atoms with Gasteiger partial charge in [-0.15, -0.1) is 0 Å². The first kappa shape index (κ1) is 17.0. The number of nitrogens with zero attached hydrogens (tertiary/aromatic N) is 2. The van der Waals surface area contributed by atoms with Crippen molar-refractivity contribution in [1.82, 2.24) is 4.98 Å². The van der Waals surface area contributed by atoms with Crippen LogP contribution < -0.4 is 10.2 Å². The largest absolute Gasteiger partial charge is 0.347 e. The molecule has 1 atom stereocenters. The van der Waals surface area contributed by atoms with Crippen LogP contribution in [0.25, 0.3) is 10.2 Å². The average molecular weight is 369 g/mol. The minimum Gasteiger partial charge on any atom is -0.347 e. The fourth-order valence-corrected chi connectivity index (χ4v) is 4.39. The second-order valence-electron chi connectivity index (χ2n) is 6.73. The highest BCUT2D eigenvalue weighted by Crippen LogP contribution is 2.32. The molecule has 1 N–H and O–H groups in total. The van der Waals surface area contributed by atoms with Gasteiger partial charge in [0.05, 0.1) is 10.6 Å². The van der Waals surface area contributed by atoms with Gasteiger partial charge in [0.25, 0.3) is 0 Å². The summed E-state index contributed by atoms with van der Waals surface area (Å²) in [5, 5.41) is 3.81. The highest BCUT2D eigenvalue weighted by atomic mass is 32.1. The second-order valence-corrected chi connectivity index (χ2v) is 7.74. The lowest BCUT2D eigenvalue weighted by Crippen LogP contribution is -2.40. The lowest BCUT2D eigenvalue weighted by atomic mass is 9.97. The van der Waals surface area contributed by atoms with Crippen LogP contribution in [-0.4, -0.2) is 24.0 Å². The van der Waals surface area contributed by atoms with E-state index >= 15 is 0 Å². The van der Waals surface area contributed by atoms with Crippen molar-refractivity contribution in [2.24, 2.45) is 5.92 Å². The molecule has 1 amide bonds. The molecular weight excluding hydrogens is 349 g/mol. The van der Waals surface area contributed by atoms with Crippen molar-refractivity contribution in [1.29, 1.82) is 0 Å². The number of rotatable bonds is 3. The van der Waals surface area contributed by atoms with E-state index in [1.807, 2.05) is 37.3 Å². The quantitative estimate of drug-likeness (QED) is 0.734. The number of carbonyl (C=O) groups excluding carboxylic acids is 1. The van der Waals surface area contributed by atoms with Gasteiger partial charge in [-0.2, -0.15) is 0 Å². The van der Waals surface area contributed by atoms with Crippen LogP contribution in [0.3, 0.4) is 0 Å². The minimum atomic E-state index is -0.296. The Balaban J connectivity index is 1.49. The summed E-state index contributed by atoms with van der Waals surface area (Å²) in [5.74, 6) is -0.357. The number of para-hydroxylation sites is 1. The maximum absolute atomic E-state index is 13.9. The summed E-state index contributed by atoms with van der Waals surface area (Å²) < 4.78 is 14.7. The highest BCUT2D eigenvalue weighted by Gasteiger charge is 2.27. The van der Waals surface area contributed by atoms with Gasteiger partial charge in [0, 0.05) is 18.8 Å². The maximum atomic E-state index is 13.9. The Bertz CT molecular complexity index is 955. The molecule has 0 bridgehead atoms. The molecular formula is C20H20FN3OS. The van der Waals surface area contributed by atoms with E-state index in [0.717, 1.165) is 40.5 Å². The van der Waals surface area contributed by atoms with E-state index in [0.29, 0.717) is 12.1 Å². The molecule has 4 rings (SSSR count). The van der Waals surface area contributed by atoms with E-state index in [2.05, 4.69) is 15.2 Å². The number of hydrogen-bond donors (Lipinski definition) is 1. The normalized spacial score (nSPS) is 17.5. The second kappa shape index (κ2) is 7.03. The number of amides is 1. The Labute approximate surface area is 155 Å². The van der Waals surface area contributed by atoms with Crippen LogP contribution >= 0.6 is 11.3 Å². The Hall–Kier alpha value is -2.47. The first-order chi connectivity index (χ1) is 12.6. The monoisotopic (exact) mass is 369 g/mol. The maximum Gasteiger partial charge on any atom is 0.229 e. The third-order valence-electron chi connectivity index (χ3n) is 4.71. The topological polar surface area (TPSA) is 45.2 Å². The first-order valence-electron chi connectivity index (χ1n) is 8.78. The van der Waals surface area contributed by atoms with E-state index in [9.17, 15) is 9.18 Å². The van der Waals surface area contributed by atoms with Crippen molar-refractivity contribution in [3.63, 3.8) is 0 Å². The summed E-state index contributed by atoms with van der Waals surface area (Å²) in [6.07, 6.45) is 1.78. The SMILES string of the molecule is Cc1cccc(NC(=O)C2CCCN(c3nc4c(F)cccc4s3)C2)c1. The number of halogens is 1. The van der Waals surface area contributed by atoms with Gasteiger partial charge in [-0.3, -0.25) is 4.79 Å². The zero-order valence-electron chi connectivity index (χ0n) is 14.5. The number of aromatic nitrogens is 1. The van der Waals surface area contributed by atoms with Crippen LogP contribution in [0.5, 0.6) is 0 Å². The molecule has 0 saturated carbocycles. The molecule has 1 fully saturated rings. The fourth-order valence-electron chi connectivity index (χ4n) is 3.37. The Morgan fingerprint density at radius 2 is 2.15 bits per heavy atom. The molecule has 4 nitrogen and oxygen atoms in total. The molecule has 0 spiro atoms. The van der Waals surface area contributed by atoms with Crippen molar-refractivity contribution in [2.45, 2.75) is 19.8 Å². The van der Waals surface area contributed by atoms with Crippen LogP contribution in [0.1, 0.15) is 18.4 Å². The van der Waals surface area contributed by atoms with Crippen molar-refractivity contribution in [2.75, 3.05) is 23.3 Å². The van der Waals surface area contributed by atoms with Crippen molar-refractivity contribution < 1.29 is 9.18 Å². The number of fused-ring (bicyclic) bond motifs is 1. The molecule has 26 heavy (non-hydrogen) atoms. The molecule has 1 saturated heterocycles. The lowest BCUT2D eigenvalue weighted by molar-refractivity contribution is -0.120. The molecule has 1 aliphatic rings. The van der Waals surface area contributed by atoms with Crippen molar-refractivity contribution in [3.05, 3.63) is 53.8 Å². The third kappa shape index (κ3) is 3.42. The van der Waals surface area contributed by atoms with Crippen LogP contribution in [0.4, 0.5) is 15.2 Å². The smallest absolute Gasteiger partial charge is 0.229 e. The molecule has 1 unspecified atom stereocenters. The molecule has 0 radical (unpaired) electrons. The molecule has 2 heterocycles. The Morgan fingerprint density at radius 1 is 1.31 bits per heavy atom. The van der Waals surface area contributed by atoms with Crippen LogP contribution in [0.15, 0.2) is 42.5 Å². The van der Waals surface area contributed by atoms with Gasteiger partial charge < -0.3 is 10.2 Å². The van der Waals surface area contributed by atoms with Crippen LogP contribution in [-0.2, 0) is 4.79 Å². The predicted octanol–water partition coefficient (Wildman–Crippen LogP) is 4.60. The number of benzene rings is 2. The van der Waals surface area contributed by atoms with Gasteiger partial charge in [-0.05, 0) is 49.6 Å². The average Bonchev–Trinajstić information content (AvgIpc) is 3.08. The van der Waals surface area contributed by atoms with E-state index in [1.54, 1.807) is 6.07 Å². The van der Waals surface area contributed by atoms with Gasteiger partial charge in [-0.25, -0.2) is 9.37 Å². The molecule has 134 valence electrons. The standard InChI is InChI=1S/C20H20FN3OS/c1-13-5-2-7-15(11-13)22-19(25)14-6-4-10-24(12-14)20-23-18-16(21)8-3-9-17(18)26-20/h2-3,5,7-9,11,14H,4,6,10,12H2,1H3,(H,22,25). The molecule has 3 aromatic rings. The van der Waals surface area contributed by atoms with Gasteiger partial charge in [0.15, 0.2) is 5.13 Å². The van der Waals surface area contributed by atoms with Crippen LogP contribution in [0.2, 0.25) is 0 Å². The van der Waals surface area contributed by atoms with Gasteiger partial charge in [-0.1, -0.05) is 29.5 Å². The number of aryl methyl sites for hydroxylation is 1. The Morgan fingerprint density at radius 3 is 2.96 bits per heavy atom.